The van der Waals surface area contributed by atoms with Gasteiger partial charge in [-0.2, -0.15) is 0 Å². The summed E-state index contributed by atoms with van der Waals surface area (Å²) in [4.78, 5) is 0. The molecule has 96 valence electrons. The van der Waals surface area contributed by atoms with Crippen molar-refractivity contribution in [2.24, 2.45) is 0 Å². The second-order valence-corrected chi connectivity index (χ2v) is 11.7. The number of halogens is 1. The molecule has 0 saturated heterocycles. The van der Waals surface area contributed by atoms with E-state index in [4.69, 9.17) is 9.53 Å². The minimum absolute atomic E-state index is 0.0603. The fourth-order valence-corrected chi connectivity index (χ4v) is 2.83. The first-order valence-corrected chi connectivity index (χ1v) is 9.74. The van der Waals surface area contributed by atoms with E-state index >= 15 is 0 Å². The lowest BCUT2D eigenvalue weighted by molar-refractivity contribution is 0.281. The molecule has 0 atom stereocenters. The molecule has 2 nitrogen and oxygen atoms in total. The third kappa shape index (κ3) is 3.69. The molecule has 0 aliphatic heterocycles. The second kappa shape index (κ2) is 5.28. The van der Waals surface area contributed by atoms with Gasteiger partial charge in [0.15, 0.2) is 0 Å². The smallest absolute Gasteiger partial charge is 0.250 e. The predicted molar refractivity (Wildman–Crippen MR) is 82.9 cm³/mol. The minimum Gasteiger partial charge on any atom is -0.543 e. The normalized spacial score (nSPS) is 12.6. The van der Waals surface area contributed by atoms with Gasteiger partial charge < -0.3 is 9.53 Å². The maximum atomic E-state index is 9.16. The zero-order valence-corrected chi connectivity index (χ0v) is 14.3. The summed E-state index contributed by atoms with van der Waals surface area (Å²) in [6.07, 6.45) is 0. The van der Waals surface area contributed by atoms with Crippen molar-refractivity contribution in [3.8, 4) is 5.75 Å². The Morgan fingerprint density at radius 1 is 1.29 bits per heavy atom. The van der Waals surface area contributed by atoms with E-state index in [1.807, 2.05) is 18.2 Å². The Labute approximate surface area is 119 Å². The van der Waals surface area contributed by atoms with Gasteiger partial charge in [-0.1, -0.05) is 26.8 Å². The second-order valence-electron chi connectivity index (χ2n) is 5.79. The molecule has 0 heterocycles. The molecule has 1 aromatic rings. The maximum Gasteiger partial charge on any atom is 0.250 e. The van der Waals surface area contributed by atoms with Crippen molar-refractivity contribution in [1.29, 1.82) is 0 Å². The first-order valence-electron chi connectivity index (χ1n) is 5.76. The van der Waals surface area contributed by atoms with Gasteiger partial charge in [0, 0.05) is 0 Å². The van der Waals surface area contributed by atoms with Gasteiger partial charge in [0.2, 0.25) is 0 Å². The van der Waals surface area contributed by atoms with Gasteiger partial charge in [0.25, 0.3) is 8.32 Å². The standard InChI is InChI=1S/C13H21IO2Si/c1-13(2,3)17(4,5)16-12-8-10(9-15)6-7-11(12)14/h6-8,15H,9H2,1-5H3. The number of hydrogen-bond donors (Lipinski definition) is 1. The first-order chi connectivity index (χ1) is 7.67. The van der Waals surface area contributed by atoms with Crippen molar-refractivity contribution in [3.05, 3.63) is 27.3 Å². The Kier molecular flexibility index (Phi) is 4.65. The molecule has 0 fully saturated rings. The van der Waals surface area contributed by atoms with E-state index in [9.17, 15) is 0 Å². The Hall–Kier alpha value is -0.0731. The topological polar surface area (TPSA) is 29.5 Å². The fourth-order valence-electron chi connectivity index (χ4n) is 1.15. The van der Waals surface area contributed by atoms with Crippen LogP contribution in [0.1, 0.15) is 26.3 Å². The van der Waals surface area contributed by atoms with Crippen LogP contribution in [0.3, 0.4) is 0 Å². The molecule has 0 bridgehead atoms. The summed E-state index contributed by atoms with van der Waals surface area (Å²) < 4.78 is 7.36. The lowest BCUT2D eigenvalue weighted by Crippen LogP contribution is -2.44. The van der Waals surface area contributed by atoms with Gasteiger partial charge in [0.1, 0.15) is 5.75 Å². The van der Waals surface area contributed by atoms with Gasteiger partial charge in [-0.3, -0.25) is 0 Å². The van der Waals surface area contributed by atoms with E-state index in [1.165, 1.54) is 0 Å². The summed E-state index contributed by atoms with van der Waals surface area (Å²) in [7, 11) is -1.80. The van der Waals surface area contributed by atoms with Gasteiger partial charge >= 0.3 is 0 Å². The lowest BCUT2D eigenvalue weighted by Gasteiger charge is -2.36. The van der Waals surface area contributed by atoms with Crippen molar-refractivity contribution >= 4 is 30.9 Å². The van der Waals surface area contributed by atoms with Crippen LogP contribution in [0, 0.1) is 3.57 Å². The van der Waals surface area contributed by atoms with Crippen molar-refractivity contribution in [3.63, 3.8) is 0 Å². The van der Waals surface area contributed by atoms with Gasteiger partial charge in [-0.15, -0.1) is 0 Å². The number of aliphatic hydroxyl groups excluding tert-OH is 1. The van der Waals surface area contributed by atoms with Crippen molar-refractivity contribution in [2.45, 2.75) is 45.5 Å². The Bertz CT molecular complexity index is 397. The number of aliphatic hydroxyl groups is 1. The molecule has 0 aromatic heterocycles. The van der Waals surface area contributed by atoms with E-state index in [0.29, 0.717) is 0 Å². The predicted octanol–water partition coefficient (Wildman–Crippen LogP) is 4.17. The monoisotopic (exact) mass is 364 g/mol. The largest absolute Gasteiger partial charge is 0.543 e. The maximum absolute atomic E-state index is 9.16. The third-order valence-corrected chi connectivity index (χ3v) is 8.58. The molecule has 17 heavy (non-hydrogen) atoms. The van der Waals surface area contributed by atoms with Crippen LogP contribution in [0.5, 0.6) is 5.75 Å². The fraction of sp³-hybridized carbons (Fsp3) is 0.538. The summed E-state index contributed by atoms with van der Waals surface area (Å²) in [6.45, 7) is 11.2. The summed E-state index contributed by atoms with van der Waals surface area (Å²) in [5, 5.41) is 9.35. The SMILES string of the molecule is CC(C)(C)[Si](C)(C)Oc1cc(CO)ccc1I. The molecule has 1 N–H and O–H groups in total. The molecular formula is C13H21IO2Si. The van der Waals surface area contributed by atoms with Crippen LogP contribution in [-0.4, -0.2) is 13.4 Å². The van der Waals surface area contributed by atoms with E-state index < -0.39 is 8.32 Å². The zero-order valence-electron chi connectivity index (χ0n) is 11.2. The number of benzene rings is 1. The Balaban J connectivity index is 3.02. The summed E-state index contributed by atoms with van der Waals surface area (Å²) in [5.74, 6) is 0.906. The first kappa shape index (κ1) is 15.0. The molecule has 0 spiro atoms. The molecule has 0 aliphatic rings. The highest BCUT2D eigenvalue weighted by Gasteiger charge is 2.39. The van der Waals surface area contributed by atoms with Crippen molar-refractivity contribution < 1.29 is 9.53 Å². The summed E-state index contributed by atoms with van der Waals surface area (Å²) in [6, 6.07) is 5.87. The van der Waals surface area contributed by atoms with E-state index in [2.05, 4.69) is 56.5 Å². The van der Waals surface area contributed by atoms with Gasteiger partial charge in [-0.05, 0) is 58.4 Å². The minimum atomic E-state index is -1.80. The molecule has 1 aromatic carbocycles. The van der Waals surface area contributed by atoms with Crippen LogP contribution in [0.25, 0.3) is 0 Å². The van der Waals surface area contributed by atoms with Gasteiger partial charge in [-0.25, -0.2) is 0 Å². The quantitative estimate of drug-likeness (QED) is 0.645. The van der Waals surface area contributed by atoms with Crippen molar-refractivity contribution in [2.75, 3.05) is 0 Å². The molecule has 1 rings (SSSR count). The molecule has 0 radical (unpaired) electrons. The lowest BCUT2D eigenvalue weighted by atomic mass is 10.2. The number of hydrogen-bond acceptors (Lipinski definition) is 2. The van der Waals surface area contributed by atoms with E-state index in [1.54, 1.807) is 0 Å². The zero-order chi connectivity index (χ0) is 13.3. The van der Waals surface area contributed by atoms with E-state index in [-0.39, 0.29) is 11.6 Å². The van der Waals surface area contributed by atoms with Crippen LogP contribution < -0.4 is 4.43 Å². The molecule has 0 saturated carbocycles. The summed E-state index contributed by atoms with van der Waals surface area (Å²) in [5.41, 5.74) is 0.902. The molecule has 0 unspecified atom stereocenters. The average molecular weight is 364 g/mol. The summed E-state index contributed by atoms with van der Waals surface area (Å²) >= 11 is 2.28. The number of rotatable bonds is 3. The van der Waals surface area contributed by atoms with Crippen LogP contribution in [0.4, 0.5) is 0 Å². The highest BCUT2D eigenvalue weighted by atomic mass is 127. The van der Waals surface area contributed by atoms with Crippen LogP contribution in [0.15, 0.2) is 18.2 Å². The molecule has 0 amide bonds. The van der Waals surface area contributed by atoms with Crippen LogP contribution >= 0.6 is 22.6 Å². The Morgan fingerprint density at radius 3 is 2.35 bits per heavy atom. The highest BCUT2D eigenvalue weighted by Crippen LogP contribution is 2.38. The Morgan fingerprint density at radius 2 is 1.88 bits per heavy atom. The average Bonchev–Trinajstić information content (AvgIpc) is 2.19. The van der Waals surface area contributed by atoms with E-state index in [0.717, 1.165) is 14.9 Å². The highest BCUT2D eigenvalue weighted by molar-refractivity contribution is 14.1. The molecular weight excluding hydrogens is 343 g/mol. The third-order valence-electron chi connectivity index (χ3n) is 3.35. The van der Waals surface area contributed by atoms with Crippen LogP contribution in [0.2, 0.25) is 18.1 Å². The molecule has 4 heteroatoms. The molecule has 0 aliphatic carbocycles. The van der Waals surface area contributed by atoms with Crippen molar-refractivity contribution in [1.82, 2.24) is 0 Å². The van der Waals surface area contributed by atoms with Gasteiger partial charge in [0.05, 0.1) is 10.2 Å². The van der Waals surface area contributed by atoms with Crippen LogP contribution in [-0.2, 0) is 6.61 Å².